The summed E-state index contributed by atoms with van der Waals surface area (Å²) in [5.74, 6) is 0.522. The largest absolute Gasteiger partial charge is 0.394 e. The van der Waals surface area contributed by atoms with E-state index in [9.17, 15) is 9.90 Å². The summed E-state index contributed by atoms with van der Waals surface area (Å²) in [7, 11) is 0. The Hall–Kier alpha value is -1.70. The number of hydrogen-bond acceptors (Lipinski definition) is 5. The fraction of sp³-hybridized carbons (Fsp3) is 0.455. The highest BCUT2D eigenvalue weighted by molar-refractivity contribution is 5.54. The molecule has 3 N–H and O–H groups in total. The van der Waals surface area contributed by atoms with E-state index < -0.39 is 18.4 Å². The average Bonchev–Trinajstić information content (AvgIpc) is 2.93. The molecule has 0 aromatic heterocycles. The van der Waals surface area contributed by atoms with Crippen molar-refractivity contribution in [3.63, 3.8) is 0 Å². The zero-order chi connectivity index (χ0) is 12.7. The maximum absolute atomic E-state index is 11.9. The maximum atomic E-state index is 11.9. The molecule has 0 saturated carbocycles. The summed E-state index contributed by atoms with van der Waals surface area (Å²) in [5.41, 5.74) is 0.442. The number of fused-ring (bicyclic) bond motifs is 1. The van der Waals surface area contributed by atoms with Crippen molar-refractivity contribution >= 4 is 0 Å². The quantitative estimate of drug-likeness (QED) is 0.656. The van der Waals surface area contributed by atoms with Gasteiger partial charge in [0.1, 0.15) is 18.2 Å². The topological polar surface area (TPSA) is 100 Å². The van der Waals surface area contributed by atoms with E-state index in [0.717, 1.165) is 5.56 Å². The molecule has 1 saturated heterocycles. The minimum atomic E-state index is -0.764. The molecule has 1 fully saturated rings. The molecule has 0 bridgehead atoms. The van der Waals surface area contributed by atoms with Crippen LogP contribution in [0.1, 0.15) is 12.6 Å². The van der Waals surface area contributed by atoms with Crippen LogP contribution in [0.2, 0.25) is 0 Å². The molecule has 0 spiro atoms. The number of ether oxygens (including phenoxy) is 1. The van der Waals surface area contributed by atoms with Gasteiger partial charge in [0.2, 0.25) is 0 Å². The van der Waals surface area contributed by atoms with E-state index in [1.165, 1.54) is 4.57 Å². The van der Waals surface area contributed by atoms with E-state index in [1.54, 1.807) is 18.5 Å². The van der Waals surface area contributed by atoms with Gasteiger partial charge in [-0.25, -0.2) is 9.78 Å². The van der Waals surface area contributed by atoms with E-state index in [-0.39, 0.29) is 18.7 Å². The second kappa shape index (κ2) is 4.20. The number of nitrogens with one attached hydrogen (secondary N) is 1. The van der Waals surface area contributed by atoms with Gasteiger partial charge in [0, 0.05) is 24.4 Å². The monoisotopic (exact) mass is 251 g/mol. The van der Waals surface area contributed by atoms with Gasteiger partial charge in [0.25, 0.3) is 0 Å². The summed E-state index contributed by atoms with van der Waals surface area (Å²) in [6, 6.07) is 1.77. The molecule has 2 unspecified atom stereocenters. The Bertz CT molecular complexity index is 578. The molecule has 3 heterocycles. The van der Waals surface area contributed by atoms with Crippen LogP contribution in [0, 0.1) is 0 Å². The lowest BCUT2D eigenvalue weighted by Crippen LogP contribution is -2.28. The Morgan fingerprint density at radius 2 is 2.44 bits per heavy atom. The zero-order valence-electron chi connectivity index (χ0n) is 9.48. The van der Waals surface area contributed by atoms with Crippen LogP contribution in [0.15, 0.2) is 23.3 Å². The van der Waals surface area contributed by atoms with Gasteiger partial charge in [-0.1, -0.05) is 0 Å². The van der Waals surface area contributed by atoms with Gasteiger partial charge in [-0.15, -0.1) is 0 Å². The molecule has 3 aliphatic heterocycles. The van der Waals surface area contributed by atoms with E-state index in [2.05, 4.69) is 9.97 Å². The molecule has 3 rings (SSSR count). The van der Waals surface area contributed by atoms with Crippen LogP contribution < -0.4 is 5.69 Å². The summed E-state index contributed by atoms with van der Waals surface area (Å²) in [5, 5.41) is 18.7. The predicted octanol–water partition coefficient (Wildman–Crippen LogP) is -0.683. The summed E-state index contributed by atoms with van der Waals surface area (Å²) in [4.78, 5) is 18.5. The Kier molecular flexibility index (Phi) is 2.66. The van der Waals surface area contributed by atoms with Crippen LogP contribution in [-0.2, 0) is 4.74 Å². The number of aliphatic hydroxyl groups is 2. The van der Waals surface area contributed by atoms with Gasteiger partial charge in [0.05, 0.1) is 12.7 Å². The van der Waals surface area contributed by atoms with Gasteiger partial charge in [-0.05, 0) is 6.07 Å². The highest BCUT2D eigenvalue weighted by Gasteiger charge is 2.35. The van der Waals surface area contributed by atoms with E-state index in [1.807, 2.05) is 0 Å². The van der Waals surface area contributed by atoms with Crippen LogP contribution in [0.4, 0.5) is 0 Å². The third-order valence-electron chi connectivity index (χ3n) is 3.16. The van der Waals surface area contributed by atoms with Crippen LogP contribution in [0.5, 0.6) is 0 Å². The first-order valence-electron chi connectivity index (χ1n) is 5.69. The van der Waals surface area contributed by atoms with Crippen molar-refractivity contribution in [3.05, 3.63) is 28.9 Å². The number of aromatic nitrogens is 3. The number of aliphatic hydroxyl groups excluding tert-OH is 2. The third kappa shape index (κ3) is 1.72. The van der Waals surface area contributed by atoms with Crippen molar-refractivity contribution in [2.24, 2.45) is 0 Å². The molecule has 18 heavy (non-hydrogen) atoms. The molecule has 7 nitrogen and oxygen atoms in total. The Balaban J connectivity index is 1.98. The number of nitrogens with zero attached hydrogens (tertiary/aromatic N) is 2. The highest BCUT2D eigenvalue weighted by Crippen LogP contribution is 2.28. The second-order valence-corrected chi connectivity index (χ2v) is 4.33. The number of rotatable bonds is 2. The maximum Gasteiger partial charge on any atom is 0.329 e. The summed E-state index contributed by atoms with van der Waals surface area (Å²) in [6.07, 6.45) is 1.54. The lowest BCUT2D eigenvalue weighted by atomic mass is 10.2. The van der Waals surface area contributed by atoms with Gasteiger partial charge in [0.15, 0.2) is 0 Å². The van der Waals surface area contributed by atoms with Crippen LogP contribution >= 0.6 is 0 Å². The molecular weight excluding hydrogens is 238 g/mol. The van der Waals surface area contributed by atoms with Crippen molar-refractivity contribution in [3.8, 4) is 11.4 Å². The van der Waals surface area contributed by atoms with Gasteiger partial charge < -0.3 is 14.9 Å². The average molecular weight is 251 g/mol. The van der Waals surface area contributed by atoms with Gasteiger partial charge in [-0.2, -0.15) is 0 Å². The molecule has 7 heteroatoms. The molecule has 96 valence electrons. The molecule has 0 radical (unpaired) electrons. The normalized spacial score (nSPS) is 28.0. The first kappa shape index (κ1) is 11.4. The molecular formula is C11H13N3O4. The summed E-state index contributed by atoms with van der Waals surface area (Å²) < 4.78 is 6.82. The first-order chi connectivity index (χ1) is 8.69. The minimum Gasteiger partial charge on any atom is -0.394 e. The number of aromatic amines is 1. The predicted molar refractivity (Wildman–Crippen MR) is 61.1 cm³/mol. The number of hydrogen-bond donors (Lipinski definition) is 3. The van der Waals surface area contributed by atoms with Crippen LogP contribution in [0.25, 0.3) is 11.4 Å². The van der Waals surface area contributed by atoms with Gasteiger partial charge >= 0.3 is 5.69 Å². The lowest BCUT2D eigenvalue weighted by Gasteiger charge is -2.15. The van der Waals surface area contributed by atoms with Gasteiger partial charge in [-0.3, -0.25) is 9.55 Å². The van der Waals surface area contributed by atoms with Crippen molar-refractivity contribution < 1.29 is 14.9 Å². The Morgan fingerprint density at radius 3 is 3.17 bits per heavy atom. The van der Waals surface area contributed by atoms with Crippen molar-refractivity contribution in [2.45, 2.75) is 24.9 Å². The Morgan fingerprint density at radius 1 is 1.61 bits per heavy atom. The molecule has 0 aliphatic carbocycles. The van der Waals surface area contributed by atoms with Crippen LogP contribution in [0.3, 0.4) is 0 Å². The molecule has 3 aliphatic rings. The zero-order valence-corrected chi connectivity index (χ0v) is 9.48. The fourth-order valence-corrected chi connectivity index (χ4v) is 2.19. The molecule has 0 aromatic carbocycles. The standard InChI is InChI=1S/C11H13N3O4/c15-5-8-7(16)3-9(18-8)14-4-6-1-2-12-10(6)13-11(14)17/h1-2,4,7-9,15-16H,3,5H2,(H,12,13,17)/t7?,8?,9-/m1/s1. The Labute approximate surface area is 102 Å². The van der Waals surface area contributed by atoms with E-state index >= 15 is 0 Å². The summed E-state index contributed by atoms with van der Waals surface area (Å²) in [6.45, 7) is -0.268. The second-order valence-electron chi connectivity index (χ2n) is 4.33. The fourth-order valence-electron chi connectivity index (χ4n) is 2.19. The van der Waals surface area contributed by atoms with Crippen molar-refractivity contribution in [2.75, 3.05) is 6.61 Å². The van der Waals surface area contributed by atoms with Crippen molar-refractivity contribution in [1.29, 1.82) is 0 Å². The lowest BCUT2D eigenvalue weighted by molar-refractivity contribution is -0.0458. The highest BCUT2D eigenvalue weighted by atomic mass is 16.5. The first-order valence-corrected chi connectivity index (χ1v) is 5.69. The molecule has 3 atom stereocenters. The third-order valence-corrected chi connectivity index (χ3v) is 3.16. The SMILES string of the molecule is O=c1[nH]c2nccc-2cn1[C@H]1CC(O)C(CO)O1. The molecule has 0 aromatic rings. The number of H-pyrrole nitrogens is 1. The minimum absolute atomic E-state index is 0.268. The smallest absolute Gasteiger partial charge is 0.329 e. The summed E-state index contributed by atoms with van der Waals surface area (Å²) >= 11 is 0. The molecule has 0 amide bonds. The van der Waals surface area contributed by atoms with E-state index in [4.69, 9.17) is 9.84 Å². The van der Waals surface area contributed by atoms with Crippen LogP contribution in [-0.4, -0.2) is 43.6 Å². The van der Waals surface area contributed by atoms with Crippen molar-refractivity contribution in [1.82, 2.24) is 14.5 Å². The van der Waals surface area contributed by atoms with E-state index in [0.29, 0.717) is 5.82 Å².